The minimum Gasteiger partial charge on any atom is -0.373 e. The van der Waals surface area contributed by atoms with Gasteiger partial charge in [-0.15, -0.1) is 0 Å². The molecular formula is C16H27N5. The maximum Gasteiger partial charge on any atom is 0.137 e. The Balaban J connectivity index is 1.95. The lowest BCUT2D eigenvalue weighted by Crippen LogP contribution is -2.55. The second-order valence-corrected chi connectivity index (χ2v) is 6.67. The Labute approximate surface area is 127 Å². The molecule has 1 aromatic rings. The maximum absolute atomic E-state index is 4.92. The summed E-state index contributed by atoms with van der Waals surface area (Å²) >= 11 is 0. The molecule has 0 radical (unpaired) electrons. The summed E-state index contributed by atoms with van der Waals surface area (Å²) in [5.74, 6) is 3.72. The van der Waals surface area contributed by atoms with Gasteiger partial charge in [0.2, 0.25) is 0 Å². The lowest BCUT2D eigenvalue weighted by atomic mass is 10.1. The van der Waals surface area contributed by atoms with E-state index in [0.717, 1.165) is 30.5 Å². The highest BCUT2D eigenvalue weighted by Gasteiger charge is 2.32. The number of hydrogen-bond acceptors (Lipinski definition) is 5. The van der Waals surface area contributed by atoms with Crippen molar-refractivity contribution in [3.8, 4) is 0 Å². The van der Waals surface area contributed by atoms with E-state index >= 15 is 0 Å². The lowest BCUT2D eigenvalue weighted by Gasteiger charge is -2.43. The Morgan fingerprint density at radius 3 is 2.24 bits per heavy atom. The molecule has 1 saturated heterocycles. The van der Waals surface area contributed by atoms with Crippen LogP contribution in [-0.4, -0.2) is 54.1 Å². The number of rotatable bonds is 3. The van der Waals surface area contributed by atoms with Gasteiger partial charge in [0.1, 0.15) is 17.5 Å². The quantitative estimate of drug-likeness (QED) is 0.924. The largest absolute Gasteiger partial charge is 0.373 e. The SMILES string of the molecule is CNc1nc(C2CC2)nc(N2CC(C)N(C)C(C)C2)c1C. The van der Waals surface area contributed by atoms with Gasteiger partial charge in [-0.2, -0.15) is 0 Å². The Kier molecular flexibility index (Phi) is 3.78. The van der Waals surface area contributed by atoms with Gasteiger partial charge < -0.3 is 10.2 Å². The zero-order chi connectivity index (χ0) is 15.1. The average molecular weight is 289 g/mol. The highest BCUT2D eigenvalue weighted by molar-refractivity contribution is 5.59. The van der Waals surface area contributed by atoms with Crippen molar-refractivity contribution >= 4 is 11.6 Å². The molecule has 2 atom stereocenters. The van der Waals surface area contributed by atoms with Gasteiger partial charge in [-0.05, 0) is 40.7 Å². The molecule has 1 aliphatic heterocycles. The topological polar surface area (TPSA) is 44.3 Å². The zero-order valence-electron chi connectivity index (χ0n) is 13.8. The molecule has 21 heavy (non-hydrogen) atoms. The summed E-state index contributed by atoms with van der Waals surface area (Å²) in [6.45, 7) is 8.78. The van der Waals surface area contributed by atoms with E-state index in [1.165, 1.54) is 18.4 Å². The third kappa shape index (κ3) is 2.71. The number of aromatic nitrogens is 2. The molecule has 2 fully saturated rings. The van der Waals surface area contributed by atoms with E-state index in [2.05, 4.69) is 42.9 Å². The van der Waals surface area contributed by atoms with Gasteiger partial charge in [0.25, 0.3) is 0 Å². The molecule has 1 N–H and O–H groups in total. The molecule has 0 amide bonds. The third-order valence-corrected chi connectivity index (χ3v) is 4.98. The van der Waals surface area contributed by atoms with Gasteiger partial charge in [0.15, 0.2) is 0 Å². The van der Waals surface area contributed by atoms with Crippen molar-refractivity contribution in [1.82, 2.24) is 14.9 Å². The highest BCUT2D eigenvalue weighted by atomic mass is 15.3. The predicted octanol–water partition coefficient (Wildman–Crippen LogP) is 2.23. The molecule has 116 valence electrons. The molecule has 3 rings (SSSR count). The van der Waals surface area contributed by atoms with Crippen LogP contribution in [0.5, 0.6) is 0 Å². The van der Waals surface area contributed by atoms with Crippen LogP contribution >= 0.6 is 0 Å². The Morgan fingerprint density at radius 1 is 1.10 bits per heavy atom. The first-order chi connectivity index (χ1) is 10.0. The van der Waals surface area contributed by atoms with E-state index in [-0.39, 0.29) is 0 Å². The second-order valence-electron chi connectivity index (χ2n) is 6.67. The maximum atomic E-state index is 4.92. The third-order valence-electron chi connectivity index (χ3n) is 4.98. The van der Waals surface area contributed by atoms with E-state index in [4.69, 9.17) is 9.97 Å². The summed E-state index contributed by atoms with van der Waals surface area (Å²) in [5, 5.41) is 3.24. The minimum absolute atomic E-state index is 0.547. The Hall–Kier alpha value is -1.36. The summed E-state index contributed by atoms with van der Waals surface area (Å²) < 4.78 is 0. The molecule has 5 nitrogen and oxygen atoms in total. The molecule has 2 heterocycles. The molecule has 1 aromatic heterocycles. The monoisotopic (exact) mass is 289 g/mol. The fraction of sp³-hybridized carbons (Fsp3) is 0.750. The molecule has 1 saturated carbocycles. The summed E-state index contributed by atoms with van der Waals surface area (Å²) in [7, 11) is 4.17. The standard InChI is InChI=1S/C16H27N5/c1-10-8-21(9-11(2)20(10)5)16-12(3)14(17-4)18-15(19-16)13-6-7-13/h10-11,13H,6-9H2,1-5H3,(H,17,18,19). The van der Waals surface area contributed by atoms with Gasteiger partial charge in [-0.1, -0.05) is 0 Å². The molecule has 5 heteroatoms. The van der Waals surface area contributed by atoms with Crippen molar-refractivity contribution in [3.63, 3.8) is 0 Å². The van der Waals surface area contributed by atoms with E-state index in [0.29, 0.717) is 18.0 Å². The van der Waals surface area contributed by atoms with Crippen LogP contribution in [0.25, 0.3) is 0 Å². The van der Waals surface area contributed by atoms with Crippen molar-refractivity contribution in [2.24, 2.45) is 0 Å². The van der Waals surface area contributed by atoms with Crippen molar-refractivity contribution < 1.29 is 0 Å². The van der Waals surface area contributed by atoms with Crippen molar-refractivity contribution in [3.05, 3.63) is 11.4 Å². The first-order valence-electron chi connectivity index (χ1n) is 8.04. The minimum atomic E-state index is 0.547. The number of hydrogen-bond donors (Lipinski definition) is 1. The van der Waals surface area contributed by atoms with Crippen LogP contribution in [-0.2, 0) is 0 Å². The number of likely N-dealkylation sites (N-methyl/N-ethyl adjacent to an activating group) is 1. The van der Waals surface area contributed by atoms with Gasteiger partial charge in [-0.25, -0.2) is 9.97 Å². The van der Waals surface area contributed by atoms with Crippen LogP contribution in [0.2, 0.25) is 0 Å². The fourth-order valence-corrected chi connectivity index (χ4v) is 3.17. The Morgan fingerprint density at radius 2 is 1.71 bits per heavy atom. The smallest absolute Gasteiger partial charge is 0.137 e. The summed E-state index contributed by atoms with van der Waals surface area (Å²) in [6.07, 6.45) is 2.47. The number of piperazine rings is 1. The molecule has 2 unspecified atom stereocenters. The molecule has 1 aliphatic carbocycles. The predicted molar refractivity (Wildman–Crippen MR) is 87.2 cm³/mol. The average Bonchev–Trinajstić information content (AvgIpc) is 3.29. The first-order valence-corrected chi connectivity index (χ1v) is 8.04. The molecular weight excluding hydrogens is 262 g/mol. The van der Waals surface area contributed by atoms with Crippen molar-refractivity contribution in [2.75, 3.05) is 37.4 Å². The number of nitrogens with one attached hydrogen (secondary N) is 1. The summed E-state index contributed by atoms with van der Waals surface area (Å²) in [5.41, 5.74) is 1.17. The first kappa shape index (κ1) is 14.6. The van der Waals surface area contributed by atoms with Crippen LogP contribution in [0.15, 0.2) is 0 Å². The zero-order valence-corrected chi connectivity index (χ0v) is 13.8. The van der Waals surface area contributed by atoms with E-state index in [1.807, 2.05) is 7.05 Å². The van der Waals surface area contributed by atoms with Crippen LogP contribution in [0.3, 0.4) is 0 Å². The number of anilines is 2. The molecule has 0 aromatic carbocycles. The summed E-state index contributed by atoms with van der Waals surface area (Å²) in [4.78, 5) is 14.5. The van der Waals surface area contributed by atoms with Gasteiger partial charge in [0, 0.05) is 43.7 Å². The van der Waals surface area contributed by atoms with E-state index in [9.17, 15) is 0 Å². The van der Waals surface area contributed by atoms with Crippen LogP contribution in [0.1, 0.15) is 44.0 Å². The second kappa shape index (κ2) is 5.44. The lowest BCUT2D eigenvalue weighted by molar-refractivity contribution is 0.169. The highest BCUT2D eigenvalue weighted by Crippen LogP contribution is 2.40. The van der Waals surface area contributed by atoms with Crippen molar-refractivity contribution in [1.29, 1.82) is 0 Å². The molecule has 0 bridgehead atoms. The molecule has 0 spiro atoms. The van der Waals surface area contributed by atoms with E-state index < -0.39 is 0 Å². The van der Waals surface area contributed by atoms with Crippen molar-refractivity contribution in [2.45, 2.75) is 51.6 Å². The van der Waals surface area contributed by atoms with Gasteiger partial charge >= 0.3 is 0 Å². The van der Waals surface area contributed by atoms with Crippen LogP contribution in [0.4, 0.5) is 11.6 Å². The normalized spacial score (nSPS) is 27.0. The van der Waals surface area contributed by atoms with Gasteiger partial charge in [-0.3, -0.25) is 4.90 Å². The fourth-order valence-electron chi connectivity index (χ4n) is 3.17. The Bertz CT molecular complexity index is 514. The summed E-state index contributed by atoms with van der Waals surface area (Å²) in [6, 6.07) is 1.09. The molecule has 2 aliphatic rings. The van der Waals surface area contributed by atoms with Crippen LogP contribution in [0, 0.1) is 6.92 Å². The number of nitrogens with zero attached hydrogens (tertiary/aromatic N) is 4. The van der Waals surface area contributed by atoms with E-state index in [1.54, 1.807) is 0 Å². The van der Waals surface area contributed by atoms with Gasteiger partial charge in [0.05, 0.1) is 0 Å². The van der Waals surface area contributed by atoms with Crippen LogP contribution < -0.4 is 10.2 Å².